The average Bonchev–Trinajstić information content (AvgIpc) is 3.28. The molecule has 2 N–H and O–H groups in total. The summed E-state index contributed by atoms with van der Waals surface area (Å²) >= 11 is 1.60. The van der Waals surface area contributed by atoms with E-state index in [1.165, 1.54) is 22.5 Å². The van der Waals surface area contributed by atoms with Crippen LogP contribution in [0, 0.1) is 13.8 Å². The standard InChI is InChI=1S/C22H22N4S/c1-16-13-20(17(2)26(16)14-18-9-5-3-6-10-18)21-15-27-22(23-21)25-24-19-11-7-4-8-12-19/h3-13,15,24H,14H2,1-2H3,(H,23,25). The molecular formula is C22H22N4S. The number of thiazole rings is 1. The molecular weight excluding hydrogens is 352 g/mol. The zero-order valence-electron chi connectivity index (χ0n) is 15.4. The van der Waals surface area contributed by atoms with E-state index < -0.39 is 0 Å². The molecule has 0 unspecified atom stereocenters. The monoisotopic (exact) mass is 374 g/mol. The maximum absolute atomic E-state index is 4.75. The van der Waals surface area contributed by atoms with Gasteiger partial charge in [-0.25, -0.2) is 4.98 Å². The minimum atomic E-state index is 0.849. The van der Waals surface area contributed by atoms with Crippen molar-refractivity contribution in [2.24, 2.45) is 0 Å². The van der Waals surface area contributed by atoms with E-state index in [1.54, 1.807) is 11.3 Å². The molecule has 0 aliphatic rings. The van der Waals surface area contributed by atoms with Gasteiger partial charge in [0.15, 0.2) is 0 Å². The lowest BCUT2D eigenvalue weighted by molar-refractivity contribution is 0.750. The summed E-state index contributed by atoms with van der Waals surface area (Å²) in [7, 11) is 0. The maximum atomic E-state index is 4.75. The van der Waals surface area contributed by atoms with Gasteiger partial charge in [-0.05, 0) is 37.6 Å². The molecule has 0 saturated heterocycles. The molecule has 27 heavy (non-hydrogen) atoms. The van der Waals surface area contributed by atoms with Crippen molar-refractivity contribution in [3.8, 4) is 11.3 Å². The molecule has 5 heteroatoms. The third-order valence-corrected chi connectivity index (χ3v) is 5.38. The maximum Gasteiger partial charge on any atom is 0.202 e. The summed E-state index contributed by atoms with van der Waals surface area (Å²) < 4.78 is 2.35. The number of hydrogen-bond acceptors (Lipinski definition) is 4. The van der Waals surface area contributed by atoms with Crippen LogP contribution in [0.15, 0.2) is 72.1 Å². The Hall–Kier alpha value is -3.05. The average molecular weight is 375 g/mol. The van der Waals surface area contributed by atoms with Crippen molar-refractivity contribution >= 4 is 22.2 Å². The first-order chi connectivity index (χ1) is 13.2. The highest BCUT2D eigenvalue weighted by atomic mass is 32.1. The number of aryl methyl sites for hydroxylation is 1. The summed E-state index contributed by atoms with van der Waals surface area (Å²) in [6, 6.07) is 22.8. The Kier molecular flexibility index (Phi) is 4.94. The molecule has 2 aromatic heterocycles. The summed E-state index contributed by atoms with van der Waals surface area (Å²) in [4.78, 5) is 4.75. The molecule has 0 fully saturated rings. The molecule has 0 saturated carbocycles. The molecule has 0 bridgehead atoms. The van der Waals surface area contributed by atoms with Gasteiger partial charge < -0.3 is 4.57 Å². The Balaban J connectivity index is 1.52. The predicted octanol–water partition coefficient (Wildman–Crippen LogP) is 5.72. The van der Waals surface area contributed by atoms with E-state index in [4.69, 9.17) is 4.98 Å². The van der Waals surface area contributed by atoms with Crippen LogP contribution in [-0.2, 0) is 6.54 Å². The van der Waals surface area contributed by atoms with Gasteiger partial charge in [0.1, 0.15) is 0 Å². The van der Waals surface area contributed by atoms with E-state index in [9.17, 15) is 0 Å². The van der Waals surface area contributed by atoms with Crippen LogP contribution < -0.4 is 10.9 Å². The van der Waals surface area contributed by atoms with Crippen molar-refractivity contribution in [1.82, 2.24) is 9.55 Å². The Labute approximate surface area is 163 Å². The van der Waals surface area contributed by atoms with Gasteiger partial charge in [0.2, 0.25) is 5.13 Å². The summed E-state index contributed by atoms with van der Waals surface area (Å²) in [5.74, 6) is 0. The first-order valence-electron chi connectivity index (χ1n) is 8.94. The van der Waals surface area contributed by atoms with Crippen LogP contribution in [0.1, 0.15) is 17.0 Å². The molecule has 136 valence electrons. The number of rotatable bonds is 6. The molecule has 0 spiro atoms. The van der Waals surface area contributed by atoms with Crippen molar-refractivity contribution in [3.05, 3.63) is 89.1 Å². The minimum Gasteiger partial charge on any atom is -0.344 e. The number of hydrazine groups is 1. The quantitative estimate of drug-likeness (QED) is 0.424. The first-order valence-corrected chi connectivity index (χ1v) is 9.82. The van der Waals surface area contributed by atoms with Gasteiger partial charge in [0.25, 0.3) is 0 Å². The second kappa shape index (κ2) is 7.68. The first kappa shape index (κ1) is 17.4. The van der Waals surface area contributed by atoms with Gasteiger partial charge >= 0.3 is 0 Å². The molecule has 0 aliphatic heterocycles. The fourth-order valence-corrected chi connectivity index (χ4v) is 3.84. The predicted molar refractivity (Wildman–Crippen MR) is 114 cm³/mol. The van der Waals surface area contributed by atoms with Crippen LogP contribution in [0.2, 0.25) is 0 Å². The van der Waals surface area contributed by atoms with Crippen LogP contribution in [0.5, 0.6) is 0 Å². The minimum absolute atomic E-state index is 0.849. The molecule has 0 aliphatic carbocycles. The Bertz CT molecular complexity index is 1020. The number of anilines is 2. The molecule has 4 aromatic rings. The number of para-hydroxylation sites is 1. The zero-order chi connectivity index (χ0) is 18.6. The molecule has 0 atom stereocenters. The van der Waals surface area contributed by atoms with E-state index in [0.29, 0.717) is 0 Å². The highest BCUT2D eigenvalue weighted by Gasteiger charge is 2.14. The molecule has 2 aromatic carbocycles. The van der Waals surface area contributed by atoms with E-state index in [1.807, 2.05) is 30.3 Å². The van der Waals surface area contributed by atoms with Gasteiger partial charge in [-0.2, -0.15) is 0 Å². The topological polar surface area (TPSA) is 41.9 Å². The third-order valence-electron chi connectivity index (χ3n) is 4.62. The summed E-state index contributed by atoms with van der Waals surface area (Å²) in [6.07, 6.45) is 0. The fourth-order valence-electron chi connectivity index (χ4n) is 3.17. The van der Waals surface area contributed by atoms with E-state index in [-0.39, 0.29) is 0 Å². The largest absolute Gasteiger partial charge is 0.344 e. The highest BCUT2D eigenvalue weighted by Crippen LogP contribution is 2.30. The van der Waals surface area contributed by atoms with Crippen LogP contribution in [0.3, 0.4) is 0 Å². The zero-order valence-corrected chi connectivity index (χ0v) is 16.3. The van der Waals surface area contributed by atoms with Crippen molar-refractivity contribution in [3.63, 3.8) is 0 Å². The molecule has 2 heterocycles. The Morgan fingerprint density at radius 1 is 0.926 bits per heavy atom. The van der Waals surface area contributed by atoms with Crippen LogP contribution >= 0.6 is 11.3 Å². The molecule has 4 nitrogen and oxygen atoms in total. The smallest absolute Gasteiger partial charge is 0.202 e. The number of benzene rings is 2. The molecule has 0 radical (unpaired) electrons. The van der Waals surface area contributed by atoms with Gasteiger partial charge in [-0.1, -0.05) is 48.5 Å². The summed E-state index contributed by atoms with van der Waals surface area (Å²) in [5, 5.41) is 2.95. The van der Waals surface area contributed by atoms with Crippen molar-refractivity contribution in [2.45, 2.75) is 20.4 Å². The Morgan fingerprint density at radius 2 is 1.63 bits per heavy atom. The number of aromatic nitrogens is 2. The molecule has 4 rings (SSSR count). The molecule has 0 amide bonds. The van der Waals surface area contributed by atoms with Gasteiger partial charge in [0, 0.05) is 28.9 Å². The van der Waals surface area contributed by atoms with Crippen LogP contribution in [0.4, 0.5) is 10.8 Å². The van der Waals surface area contributed by atoms with Crippen LogP contribution in [0.25, 0.3) is 11.3 Å². The SMILES string of the molecule is Cc1cc(-c2csc(NNc3ccccc3)n2)c(C)n1Cc1ccccc1. The number of hydrogen-bond donors (Lipinski definition) is 2. The van der Waals surface area contributed by atoms with E-state index in [2.05, 4.69) is 71.0 Å². The second-order valence-corrected chi connectivity index (χ2v) is 7.37. The van der Waals surface area contributed by atoms with Crippen molar-refractivity contribution < 1.29 is 0 Å². The van der Waals surface area contributed by atoms with Gasteiger partial charge in [0.05, 0.1) is 11.4 Å². The van der Waals surface area contributed by atoms with Gasteiger partial charge in [-0.15, -0.1) is 11.3 Å². The van der Waals surface area contributed by atoms with Crippen molar-refractivity contribution in [2.75, 3.05) is 10.9 Å². The lowest BCUT2D eigenvalue weighted by Gasteiger charge is -2.09. The highest BCUT2D eigenvalue weighted by molar-refractivity contribution is 7.14. The van der Waals surface area contributed by atoms with Gasteiger partial charge in [-0.3, -0.25) is 10.9 Å². The van der Waals surface area contributed by atoms with E-state index >= 15 is 0 Å². The van der Waals surface area contributed by atoms with Crippen molar-refractivity contribution in [1.29, 1.82) is 0 Å². The summed E-state index contributed by atoms with van der Waals surface area (Å²) in [5.41, 5.74) is 13.4. The third kappa shape index (κ3) is 3.88. The number of nitrogens with zero attached hydrogens (tertiary/aromatic N) is 2. The van der Waals surface area contributed by atoms with Crippen LogP contribution in [-0.4, -0.2) is 9.55 Å². The number of nitrogens with one attached hydrogen (secondary N) is 2. The normalized spacial score (nSPS) is 10.7. The second-order valence-electron chi connectivity index (χ2n) is 6.51. The summed E-state index contributed by atoms with van der Waals surface area (Å²) in [6.45, 7) is 5.20. The lowest BCUT2D eigenvalue weighted by Crippen LogP contribution is -2.07. The Morgan fingerprint density at radius 3 is 2.37 bits per heavy atom. The lowest BCUT2D eigenvalue weighted by atomic mass is 10.2. The fraction of sp³-hybridized carbons (Fsp3) is 0.136. The van der Waals surface area contributed by atoms with E-state index in [0.717, 1.165) is 23.1 Å².